The number of fused-ring (bicyclic) bond motifs is 5. The van der Waals surface area contributed by atoms with Crippen molar-refractivity contribution in [1.82, 2.24) is 0 Å². The van der Waals surface area contributed by atoms with Gasteiger partial charge >= 0.3 is 0 Å². The van der Waals surface area contributed by atoms with E-state index in [1.54, 1.807) is 12.1 Å². The van der Waals surface area contributed by atoms with Crippen LogP contribution in [0.4, 0.5) is 0 Å². The molecule has 0 aliphatic heterocycles. The van der Waals surface area contributed by atoms with Crippen LogP contribution in [0.15, 0.2) is 54.6 Å². The molecule has 0 heterocycles. The van der Waals surface area contributed by atoms with E-state index in [-0.39, 0.29) is 0 Å². The Balaban J connectivity index is 1.98. The largest absolute Gasteiger partial charge is 0.386 e. The van der Waals surface area contributed by atoms with Gasteiger partial charge in [0.25, 0.3) is 0 Å². The van der Waals surface area contributed by atoms with Crippen molar-refractivity contribution in [2.45, 2.75) is 24.4 Å². The molecule has 0 fully saturated rings. The maximum atomic E-state index is 10.9. The zero-order valence-corrected chi connectivity index (χ0v) is 14.9. The lowest BCUT2D eigenvalue weighted by molar-refractivity contribution is 0.0172. The van der Waals surface area contributed by atoms with Crippen molar-refractivity contribution in [2.75, 3.05) is 0 Å². The minimum absolute atomic E-state index is 0.577. The molecule has 0 unspecified atom stereocenters. The van der Waals surface area contributed by atoms with Crippen LogP contribution in [0.25, 0.3) is 38.4 Å². The third-order valence-electron chi connectivity index (χ3n) is 6.30. The topological polar surface area (TPSA) is 80.9 Å². The predicted molar refractivity (Wildman–Crippen MR) is 109 cm³/mol. The molecule has 0 aromatic heterocycles. The van der Waals surface area contributed by atoms with Crippen molar-refractivity contribution in [1.29, 1.82) is 0 Å². The summed E-state index contributed by atoms with van der Waals surface area (Å²) in [6.07, 6.45) is -0.748. The highest BCUT2D eigenvalue weighted by atomic mass is 16.3. The summed E-state index contributed by atoms with van der Waals surface area (Å²) in [6.45, 7) is 0. The minimum Gasteiger partial charge on any atom is -0.386 e. The van der Waals surface area contributed by atoms with Gasteiger partial charge in [-0.15, -0.1) is 0 Å². The first-order chi connectivity index (χ1) is 13.6. The Labute approximate surface area is 160 Å². The Morgan fingerprint density at radius 2 is 1.25 bits per heavy atom. The monoisotopic (exact) mass is 370 g/mol. The number of hydrogen-bond donors (Lipinski definition) is 4. The number of rotatable bonds is 0. The molecule has 4 atom stereocenters. The van der Waals surface area contributed by atoms with Crippen LogP contribution in [-0.2, 0) is 0 Å². The molecular formula is C24H18O4. The molecular weight excluding hydrogens is 352 g/mol. The fourth-order valence-electron chi connectivity index (χ4n) is 5.03. The Kier molecular flexibility index (Phi) is 3.13. The molecule has 0 saturated heterocycles. The van der Waals surface area contributed by atoms with Gasteiger partial charge in [-0.1, -0.05) is 54.6 Å². The summed E-state index contributed by atoms with van der Waals surface area (Å²) in [5.41, 5.74) is 2.74. The van der Waals surface area contributed by atoms with Crippen LogP contribution in [0.5, 0.6) is 0 Å². The van der Waals surface area contributed by atoms with Crippen molar-refractivity contribution in [3.05, 3.63) is 76.9 Å². The quantitative estimate of drug-likeness (QED) is 0.356. The molecule has 6 rings (SSSR count). The van der Waals surface area contributed by atoms with Crippen LogP contribution in [0.3, 0.4) is 0 Å². The average Bonchev–Trinajstić information content (AvgIpc) is 2.73. The van der Waals surface area contributed by atoms with Crippen molar-refractivity contribution < 1.29 is 20.4 Å². The zero-order chi connectivity index (χ0) is 19.2. The van der Waals surface area contributed by atoms with Crippen molar-refractivity contribution >= 4 is 38.4 Å². The Morgan fingerprint density at radius 3 is 2.07 bits per heavy atom. The molecule has 0 amide bonds. The fourth-order valence-corrected chi connectivity index (χ4v) is 5.03. The summed E-state index contributed by atoms with van der Waals surface area (Å²) < 4.78 is 0. The minimum atomic E-state index is -1.10. The molecule has 28 heavy (non-hydrogen) atoms. The SMILES string of the molecule is O[C@@H]1C=Cc2c(cc3c4c5c(cccc5c5ccccc5c24)[C@H](O)[C@H]3O)[C@@H]1O. The normalized spacial score (nSPS) is 25.7. The maximum absolute atomic E-state index is 10.9. The van der Waals surface area contributed by atoms with Crippen LogP contribution in [-0.4, -0.2) is 26.5 Å². The smallest absolute Gasteiger partial charge is 0.110 e. The Morgan fingerprint density at radius 1 is 0.571 bits per heavy atom. The van der Waals surface area contributed by atoms with E-state index in [0.29, 0.717) is 16.7 Å². The van der Waals surface area contributed by atoms with Gasteiger partial charge < -0.3 is 20.4 Å². The van der Waals surface area contributed by atoms with Crippen LogP contribution < -0.4 is 0 Å². The van der Waals surface area contributed by atoms with Gasteiger partial charge in [0.2, 0.25) is 0 Å². The third-order valence-corrected chi connectivity index (χ3v) is 6.30. The highest BCUT2D eigenvalue weighted by Gasteiger charge is 2.34. The third kappa shape index (κ3) is 1.83. The van der Waals surface area contributed by atoms with E-state index in [2.05, 4.69) is 6.07 Å². The second kappa shape index (κ2) is 5.40. The molecule has 4 N–H and O–H groups in total. The molecule has 4 heteroatoms. The van der Waals surface area contributed by atoms with Crippen molar-refractivity contribution in [3.63, 3.8) is 0 Å². The summed E-state index contributed by atoms with van der Waals surface area (Å²) >= 11 is 0. The van der Waals surface area contributed by atoms with Gasteiger partial charge in [0, 0.05) is 0 Å². The van der Waals surface area contributed by atoms with Gasteiger partial charge in [0.05, 0.1) is 0 Å². The molecule has 138 valence electrons. The molecule has 4 aromatic rings. The van der Waals surface area contributed by atoms with E-state index >= 15 is 0 Å². The highest BCUT2D eigenvalue weighted by molar-refractivity contribution is 6.29. The van der Waals surface area contributed by atoms with Crippen LogP contribution >= 0.6 is 0 Å². The molecule has 4 aromatic carbocycles. The molecule has 0 spiro atoms. The lowest BCUT2D eigenvalue weighted by Gasteiger charge is -2.32. The summed E-state index contributed by atoms with van der Waals surface area (Å²) in [7, 11) is 0. The van der Waals surface area contributed by atoms with E-state index in [4.69, 9.17) is 0 Å². The van der Waals surface area contributed by atoms with Crippen molar-refractivity contribution in [3.8, 4) is 0 Å². The fraction of sp³-hybridized carbons (Fsp3) is 0.167. The Bertz CT molecular complexity index is 1340. The zero-order valence-electron chi connectivity index (χ0n) is 14.9. The lowest BCUT2D eigenvalue weighted by Crippen LogP contribution is -2.22. The Hall–Kier alpha value is -2.76. The summed E-state index contributed by atoms with van der Waals surface area (Å²) in [5.74, 6) is 0. The summed E-state index contributed by atoms with van der Waals surface area (Å²) in [4.78, 5) is 0. The van der Waals surface area contributed by atoms with Crippen LogP contribution in [0.1, 0.15) is 40.6 Å². The van der Waals surface area contributed by atoms with Gasteiger partial charge in [-0.2, -0.15) is 0 Å². The van der Waals surface area contributed by atoms with Crippen LogP contribution in [0.2, 0.25) is 0 Å². The first-order valence-corrected chi connectivity index (χ1v) is 9.42. The molecule has 4 nitrogen and oxygen atoms in total. The van der Waals surface area contributed by atoms with E-state index in [0.717, 1.165) is 37.9 Å². The van der Waals surface area contributed by atoms with E-state index in [1.807, 2.05) is 42.5 Å². The molecule has 2 aliphatic carbocycles. The standard InChI is InChI=1S/C24H18O4/c25-18-9-8-14-16(22(18)26)10-17-21-19(14)12-5-2-1-4-11(12)13-6-3-7-15(20(13)21)23(27)24(17)28/h1-10,18,22-28H/t18-,22+,23+,24+/m1/s1. The van der Waals surface area contributed by atoms with Gasteiger partial charge in [0.1, 0.15) is 24.4 Å². The average molecular weight is 370 g/mol. The van der Waals surface area contributed by atoms with E-state index in [1.165, 1.54) is 0 Å². The molecule has 0 saturated carbocycles. The van der Waals surface area contributed by atoms with Gasteiger partial charge in [-0.3, -0.25) is 0 Å². The molecule has 2 aliphatic rings. The number of aliphatic hydroxyl groups excluding tert-OH is 4. The molecule has 0 bridgehead atoms. The van der Waals surface area contributed by atoms with Gasteiger partial charge in [-0.05, 0) is 60.6 Å². The number of hydrogen-bond acceptors (Lipinski definition) is 4. The second-order valence-corrected chi connectivity index (χ2v) is 7.72. The maximum Gasteiger partial charge on any atom is 0.110 e. The van der Waals surface area contributed by atoms with E-state index < -0.39 is 24.4 Å². The summed E-state index contributed by atoms with van der Waals surface area (Å²) in [5, 5.41) is 48.4. The summed E-state index contributed by atoms with van der Waals surface area (Å²) in [6, 6.07) is 15.6. The van der Waals surface area contributed by atoms with Crippen molar-refractivity contribution in [2.24, 2.45) is 0 Å². The number of benzene rings is 4. The van der Waals surface area contributed by atoms with E-state index in [9.17, 15) is 20.4 Å². The number of aliphatic hydroxyl groups is 4. The van der Waals surface area contributed by atoms with Gasteiger partial charge in [-0.25, -0.2) is 0 Å². The van der Waals surface area contributed by atoms with Gasteiger partial charge in [0.15, 0.2) is 0 Å². The lowest BCUT2D eigenvalue weighted by atomic mass is 9.76. The second-order valence-electron chi connectivity index (χ2n) is 7.72. The van der Waals surface area contributed by atoms with Crippen LogP contribution in [0, 0.1) is 0 Å². The predicted octanol–water partition coefficient (Wildman–Crippen LogP) is 3.65. The molecule has 0 radical (unpaired) electrons. The first-order valence-electron chi connectivity index (χ1n) is 9.42. The highest BCUT2D eigenvalue weighted by Crippen LogP contribution is 2.51. The first kappa shape index (κ1) is 16.2.